The highest BCUT2D eigenvalue weighted by Crippen LogP contribution is 2.43. The van der Waals surface area contributed by atoms with E-state index in [-0.39, 0.29) is 24.6 Å². The number of carbonyl (C=O) groups is 1. The van der Waals surface area contributed by atoms with Gasteiger partial charge in [-0.1, -0.05) is 13.0 Å². The Morgan fingerprint density at radius 1 is 1.39 bits per heavy atom. The summed E-state index contributed by atoms with van der Waals surface area (Å²) in [7, 11) is 0. The summed E-state index contributed by atoms with van der Waals surface area (Å²) >= 11 is 0. The first-order valence-corrected chi connectivity index (χ1v) is 9.73. The standard InChI is InChI=1S/C20H22FN3O7/c1-3-20(21)16(26)12(8-25)31-18(20)24-7-6-13(23-19(24)28)22-17(27)14-10(2)4-5-11-15(14)30-9-29-11/h4-7,12,16,18,25-26H,3,8-9H2,1-2H3,(H,22,23,27,28). The van der Waals surface area contributed by atoms with Crippen molar-refractivity contribution in [2.45, 2.75) is 44.4 Å². The van der Waals surface area contributed by atoms with E-state index >= 15 is 4.39 Å². The van der Waals surface area contributed by atoms with Crippen molar-refractivity contribution in [3.8, 4) is 11.5 Å². The van der Waals surface area contributed by atoms with Gasteiger partial charge in [0.15, 0.2) is 23.4 Å². The molecule has 1 aromatic carbocycles. The Labute approximate surface area is 176 Å². The van der Waals surface area contributed by atoms with Crippen LogP contribution in [0.1, 0.15) is 35.5 Å². The van der Waals surface area contributed by atoms with Gasteiger partial charge >= 0.3 is 5.69 Å². The molecule has 4 atom stereocenters. The van der Waals surface area contributed by atoms with Crippen LogP contribution in [0.4, 0.5) is 10.2 Å². The fraction of sp³-hybridized carbons (Fsp3) is 0.450. The van der Waals surface area contributed by atoms with E-state index in [0.29, 0.717) is 17.1 Å². The molecule has 10 nitrogen and oxygen atoms in total. The Kier molecular flexibility index (Phi) is 5.42. The number of hydrogen-bond donors (Lipinski definition) is 3. The van der Waals surface area contributed by atoms with Gasteiger partial charge in [-0.3, -0.25) is 9.36 Å². The first-order valence-electron chi connectivity index (χ1n) is 9.73. The van der Waals surface area contributed by atoms with Crippen LogP contribution in [-0.2, 0) is 4.74 Å². The number of ether oxygens (including phenoxy) is 3. The van der Waals surface area contributed by atoms with Gasteiger partial charge in [0.05, 0.1) is 12.2 Å². The first-order chi connectivity index (χ1) is 14.8. The number of nitrogens with zero attached hydrogens (tertiary/aromatic N) is 2. The van der Waals surface area contributed by atoms with Crippen LogP contribution in [0.15, 0.2) is 29.2 Å². The molecule has 166 valence electrons. The van der Waals surface area contributed by atoms with Gasteiger partial charge < -0.3 is 29.7 Å². The van der Waals surface area contributed by atoms with Gasteiger partial charge in [-0.2, -0.15) is 4.98 Å². The number of amides is 1. The van der Waals surface area contributed by atoms with Gasteiger partial charge in [-0.05, 0) is 31.0 Å². The molecule has 4 unspecified atom stereocenters. The third kappa shape index (κ3) is 3.44. The van der Waals surface area contributed by atoms with Crippen molar-refractivity contribution < 1.29 is 33.6 Å². The molecule has 2 aliphatic heterocycles. The Balaban J connectivity index is 1.60. The van der Waals surface area contributed by atoms with E-state index in [2.05, 4.69) is 10.3 Å². The number of aliphatic hydroxyl groups excluding tert-OH is 2. The summed E-state index contributed by atoms with van der Waals surface area (Å²) in [5.74, 6) is 0.138. The predicted molar refractivity (Wildman–Crippen MR) is 105 cm³/mol. The Morgan fingerprint density at radius 3 is 2.84 bits per heavy atom. The van der Waals surface area contributed by atoms with Crippen molar-refractivity contribution in [2.24, 2.45) is 0 Å². The molecule has 31 heavy (non-hydrogen) atoms. The monoisotopic (exact) mass is 435 g/mol. The second-order valence-corrected chi connectivity index (χ2v) is 7.38. The van der Waals surface area contributed by atoms with E-state index in [1.54, 1.807) is 19.1 Å². The van der Waals surface area contributed by atoms with Gasteiger partial charge in [0.25, 0.3) is 5.91 Å². The number of hydrogen-bond acceptors (Lipinski definition) is 8. The molecule has 1 amide bonds. The smallest absolute Gasteiger partial charge is 0.351 e. The van der Waals surface area contributed by atoms with Crippen LogP contribution in [-0.4, -0.2) is 56.9 Å². The minimum absolute atomic E-state index is 0.00214. The number of fused-ring (bicyclic) bond motifs is 1. The molecule has 0 spiro atoms. The molecular weight excluding hydrogens is 413 g/mol. The summed E-state index contributed by atoms with van der Waals surface area (Å²) in [6.45, 7) is 2.62. The fourth-order valence-electron chi connectivity index (χ4n) is 3.82. The molecule has 2 aliphatic rings. The Morgan fingerprint density at radius 2 is 2.16 bits per heavy atom. The number of anilines is 1. The minimum atomic E-state index is -2.29. The van der Waals surface area contributed by atoms with Crippen molar-refractivity contribution in [1.29, 1.82) is 0 Å². The number of rotatable bonds is 5. The lowest BCUT2D eigenvalue weighted by Gasteiger charge is -2.27. The molecular formula is C20H22FN3O7. The number of halogens is 1. The van der Waals surface area contributed by atoms with Crippen LogP contribution in [0.25, 0.3) is 0 Å². The van der Waals surface area contributed by atoms with Crippen LogP contribution in [0.3, 0.4) is 0 Å². The third-order valence-corrected chi connectivity index (χ3v) is 5.58. The second-order valence-electron chi connectivity index (χ2n) is 7.38. The predicted octanol–water partition coefficient (Wildman–Crippen LogP) is 0.902. The van der Waals surface area contributed by atoms with E-state index in [0.717, 1.165) is 4.57 Å². The number of nitrogens with one attached hydrogen (secondary N) is 1. The van der Waals surface area contributed by atoms with E-state index in [1.807, 2.05) is 0 Å². The summed E-state index contributed by atoms with van der Waals surface area (Å²) in [4.78, 5) is 29.1. The Hall–Kier alpha value is -3.02. The van der Waals surface area contributed by atoms with Gasteiger partial charge in [-0.25, -0.2) is 9.18 Å². The van der Waals surface area contributed by atoms with Crippen LogP contribution in [0.5, 0.6) is 11.5 Å². The molecule has 0 radical (unpaired) electrons. The zero-order valence-electron chi connectivity index (χ0n) is 16.9. The molecule has 1 fully saturated rings. The largest absolute Gasteiger partial charge is 0.454 e. The lowest BCUT2D eigenvalue weighted by Crippen LogP contribution is -2.44. The lowest BCUT2D eigenvalue weighted by molar-refractivity contribution is -0.0674. The van der Waals surface area contributed by atoms with Crippen LogP contribution in [0, 0.1) is 6.92 Å². The zero-order chi connectivity index (χ0) is 22.3. The van der Waals surface area contributed by atoms with E-state index < -0.39 is 42.3 Å². The lowest BCUT2D eigenvalue weighted by atomic mass is 9.93. The zero-order valence-corrected chi connectivity index (χ0v) is 16.9. The van der Waals surface area contributed by atoms with Gasteiger partial charge in [0.2, 0.25) is 6.79 Å². The summed E-state index contributed by atoms with van der Waals surface area (Å²) in [5, 5.41) is 22.0. The summed E-state index contributed by atoms with van der Waals surface area (Å²) in [6, 6.07) is 4.72. The van der Waals surface area contributed by atoms with Crippen LogP contribution >= 0.6 is 0 Å². The Bertz CT molecular complexity index is 1080. The van der Waals surface area contributed by atoms with Crippen molar-refractivity contribution in [3.05, 3.63) is 46.0 Å². The summed E-state index contributed by atoms with van der Waals surface area (Å²) in [6.07, 6.45) is -3.19. The molecule has 3 N–H and O–H groups in total. The average Bonchev–Trinajstić information content (AvgIpc) is 3.31. The maximum Gasteiger partial charge on any atom is 0.351 e. The number of aromatic nitrogens is 2. The molecule has 1 saturated heterocycles. The van der Waals surface area contributed by atoms with E-state index in [1.165, 1.54) is 19.2 Å². The average molecular weight is 435 g/mol. The molecule has 1 aromatic heterocycles. The van der Waals surface area contributed by atoms with E-state index in [4.69, 9.17) is 14.2 Å². The van der Waals surface area contributed by atoms with Crippen molar-refractivity contribution in [2.75, 3.05) is 18.7 Å². The maximum atomic E-state index is 15.3. The molecule has 0 aliphatic carbocycles. The first kappa shape index (κ1) is 21.2. The molecule has 0 bridgehead atoms. The van der Waals surface area contributed by atoms with E-state index in [9.17, 15) is 19.8 Å². The molecule has 3 heterocycles. The highest BCUT2D eigenvalue weighted by atomic mass is 19.1. The van der Waals surface area contributed by atoms with Gasteiger partial charge in [-0.15, -0.1) is 0 Å². The SMILES string of the molecule is CCC1(F)C(O)C(CO)OC1n1ccc(NC(=O)c2c(C)ccc3c2OCO3)nc1=O. The van der Waals surface area contributed by atoms with Crippen molar-refractivity contribution in [3.63, 3.8) is 0 Å². The molecule has 4 rings (SSSR count). The number of benzene rings is 1. The second kappa shape index (κ2) is 7.91. The molecule has 2 aromatic rings. The highest BCUT2D eigenvalue weighted by Gasteiger charge is 2.57. The molecule has 0 saturated carbocycles. The summed E-state index contributed by atoms with van der Waals surface area (Å²) in [5.41, 5.74) is -2.28. The van der Waals surface area contributed by atoms with Gasteiger partial charge in [0, 0.05) is 6.20 Å². The topological polar surface area (TPSA) is 132 Å². The van der Waals surface area contributed by atoms with Gasteiger partial charge in [0.1, 0.15) is 18.0 Å². The van der Waals surface area contributed by atoms with Crippen molar-refractivity contribution >= 4 is 11.7 Å². The summed E-state index contributed by atoms with van der Waals surface area (Å²) < 4.78 is 32.3. The highest BCUT2D eigenvalue weighted by molar-refractivity contribution is 6.07. The third-order valence-electron chi connectivity index (χ3n) is 5.58. The maximum absolute atomic E-state index is 15.3. The normalized spacial score (nSPS) is 26.8. The number of aryl methyl sites for hydroxylation is 1. The number of aliphatic hydroxyl groups is 2. The minimum Gasteiger partial charge on any atom is -0.454 e. The number of carbonyl (C=O) groups excluding carboxylic acids is 1. The van der Waals surface area contributed by atoms with Crippen molar-refractivity contribution in [1.82, 2.24) is 9.55 Å². The van der Waals surface area contributed by atoms with Crippen LogP contribution in [0.2, 0.25) is 0 Å². The fourth-order valence-corrected chi connectivity index (χ4v) is 3.82. The number of alkyl halides is 1. The quantitative estimate of drug-likeness (QED) is 0.631. The molecule has 11 heteroatoms. The van der Waals surface area contributed by atoms with Crippen LogP contribution < -0.4 is 20.5 Å².